The second-order valence-electron chi connectivity index (χ2n) is 8.37. The molecule has 1 saturated heterocycles. The number of piperidine rings is 1. The Kier molecular flexibility index (Phi) is 6.62. The Morgan fingerprint density at radius 3 is 2.73 bits per heavy atom. The fraction of sp³-hybridized carbons (Fsp3) is 0.375. The summed E-state index contributed by atoms with van der Waals surface area (Å²) in [7, 11) is -3.66. The maximum Gasteiger partial charge on any atom is 0.348 e. The smallest absolute Gasteiger partial charge is 0.324 e. The van der Waals surface area contributed by atoms with E-state index in [2.05, 4.69) is 10.3 Å². The molecule has 0 aliphatic carbocycles. The number of aryl methyl sites for hydroxylation is 1. The van der Waals surface area contributed by atoms with Crippen molar-refractivity contribution in [1.82, 2.24) is 13.9 Å². The molecule has 3 aromatic rings. The van der Waals surface area contributed by atoms with E-state index in [4.69, 9.17) is 0 Å². The third kappa shape index (κ3) is 4.69. The third-order valence-corrected chi connectivity index (χ3v) is 8.17. The number of nitrogens with zero attached hydrogens (tertiary/aromatic N) is 3. The Morgan fingerprint density at radius 2 is 1.97 bits per heavy atom. The molecule has 0 spiro atoms. The number of benzene rings is 2. The maximum atomic E-state index is 13.2. The first-order valence-corrected chi connectivity index (χ1v) is 12.6. The molecule has 0 saturated carbocycles. The molecule has 4 rings (SSSR count). The molecule has 174 valence electrons. The average molecular weight is 469 g/mol. The van der Waals surface area contributed by atoms with Gasteiger partial charge in [-0.3, -0.25) is 9.36 Å². The van der Waals surface area contributed by atoms with Crippen molar-refractivity contribution in [2.45, 2.75) is 57.0 Å². The number of carbonyl (C=O) groups is 1. The number of rotatable bonds is 6. The van der Waals surface area contributed by atoms with Gasteiger partial charge in [0.15, 0.2) is 0 Å². The van der Waals surface area contributed by atoms with Crippen molar-refractivity contribution in [2.75, 3.05) is 11.9 Å². The van der Waals surface area contributed by atoms with E-state index < -0.39 is 15.7 Å². The van der Waals surface area contributed by atoms with Crippen molar-refractivity contribution in [1.29, 1.82) is 0 Å². The second-order valence-corrected chi connectivity index (χ2v) is 10.3. The van der Waals surface area contributed by atoms with Crippen LogP contribution in [-0.4, -0.2) is 40.8 Å². The number of fused-ring (bicyclic) bond motifs is 1. The zero-order chi connectivity index (χ0) is 23.6. The summed E-state index contributed by atoms with van der Waals surface area (Å²) in [5.41, 5.74) is 1.59. The highest BCUT2D eigenvalue weighted by molar-refractivity contribution is 7.89. The molecule has 2 heterocycles. The van der Waals surface area contributed by atoms with Crippen LogP contribution in [-0.2, 0) is 27.8 Å². The Morgan fingerprint density at radius 1 is 1.18 bits per heavy atom. The second kappa shape index (κ2) is 9.44. The molecule has 1 aromatic heterocycles. The molecule has 9 heteroatoms. The van der Waals surface area contributed by atoms with Gasteiger partial charge in [0, 0.05) is 29.9 Å². The summed E-state index contributed by atoms with van der Waals surface area (Å²) in [6.45, 7) is 4.20. The predicted molar refractivity (Wildman–Crippen MR) is 128 cm³/mol. The number of hydrogen-bond acceptors (Lipinski definition) is 5. The van der Waals surface area contributed by atoms with Crippen LogP contribution in [0.1, 0.15) is 38.7 Å². The van der Waals surface area contributed by atoms with E-state index in [0.29, 0.717) is 23.1 Å². The van der Waals surface area contributed by atoms with Crippen molar-refractivity contribution in [3.8, 4) is 0 Å². The SMILES string of the molecule is CCc1ccccc1NC(=O)Cn1c(=O)ncc2cc(S(=O)(=O)N3CCCC[C@H]3C)ccc21. The average Bonchev–Trinajstić information content (AvgIpc) is 2.81. The van der Waals surface area contributed by atoms with Crippen molar-refractivity contribution in [3.05, 3.63) is 64.7 Å². The number of amides is 1. The molecule has 1 atom stereocenters. The van der Waals surface area contributed by atoms with Gasteiger partial charge in [-0.1, -0.05) is 31.5 Å². The van der Waals surface area contributed by atoms with Crippen LogP contribution in [0.4, 0.5) is 5.69 Å². The Labute approximate surface area is 193 Å². The molecular weight excluding hydrogens is 440 g/mol. The van der Waals surface area contributed by atoms with Crippen LogP contribution < -0.4 is 11.0 Å². The lowest BCUT2D eigenvalue weighted by atomic mass is 10.1. The van der Waals surface area contributed by atoms with Gasteiger partial charge in [0.05, 0.1) is 10.4 Å². The molecule has 1 N–H and O–H groups in total. The van der Waals surface area contributed by atoms with Crippen LogP contribution in [0.25, 0.3) is 10.9 Å². The van der Waals surface area contributed by atoms with Gasteiger partial charge in [0.1, 0.15) is 6.54 Å². The van der Waals surface area contributed by atoms with Crippen molar-refractivity contribution in [3.63, 3.8) is 0 Å². The summed E-state index contributed by atoms with van der Waals surface area (Å²) in [5, 5.41) is 3.34. The molecule has 1 amide bonds. The zero-order valence-electron chi connectivity index (χ0n) is 18.8. The topological polar surface area (TPSA) is 101 Å². The first-order chi connectivity index (χ1) is 15.8. The first-order valence-electron chi connectivity index (χ1n) is 11.2. The van der Waals surface area contributed by atoms with Crippen molar-refractivity contribution >= 4 is 32.5 Å². The van der Waals surface area contributed by atoms with Crippen LogP contribution >= 0.6 is 0 Å². The highest BCUT2D eigenvalue weighted by Gasteiger charge is 2.31. The molecular formula is C24H28N4O4S. The molecule has 8 nitrogen and oxygen atoms in total. The Bertz CT molecular complexity index is 1350. The fourth-order valence-corrected chi connectivity index (χ4v) is 6.08. The van der Waals surface area contributed by atoms with Crippen LogP contribution in [0.3, 0.4) is 0 Å². The van der Waals surface area contributed by atoms with Crippen molar-refractivity contribution < 1.29 is 13.2 Å². The maximum absolute atomic E-state index is 13.2. The lowest BCUT2D eigenvalue weighted by Gasteiger charge is -2.32. The fourth-order valence-electron chi connectivity index (χ4n) is 4.34. The number of carbonyl (C=O) groups excluding carboxylic acids is 1. The summed E-state index contributed by atoms with van der Waals surface area (Å²) in [6.07, 6.45) is 4.82. The lowest BCUT2D eigenvalue weighted by Crippen LogP contribution is -2.41. The van der Waals surface area contributed by atoms with Gasteiger partial charge in [-0.15, -0.1) is 0 Å². The third-order valence-electron chi connectivity index (χ3n) is 6.16. The summed E-state index contributed by atoms with van der Waals surface area (Å²) in [4.78, 5) is 29.2. The molecule has 0 bridgehead atoms. The zero-order valence-corrected chi connectivity index (χ0v) is 19.6. The highest BCUT2D eigenvalue weighted by Crippen LogP contribution is 2.27. The molecule has 33 heavy (non-hydrogen) atoms. The van der Waals surface area contributed by atoms with E-state index in [1.165, 1.54) is 22.9 Å². The number of hydrogen-bond donors (Lipinski definition) is 1. The summed E-state index contributed by atoms with van der Waals surface area (Å²) in [5.74, 6) is -0.355. The van der Waals surface area contributed by atoms with Gasteiger partial charge >= 0.3 is 5.69 Å². The molecule has 1 fully saturated rings. The van der Waals surface area contributed by atoms with Gasteiger partial charge in [-0.25, -0.2) is 18.2 Å². The molecule has 1 aliphatic heterocycles. The summed E-state index contributed by atoms with van der Waals surface area (Å²) >= 11 is 0. The van der Waals surface area contributed by atoms with E-state index >= 15 is 0 Å². The van der Waals surface area contributed by atoms with E-state index in [1.807, 2.05) is 38.1 Å². The lowest BCUT2D eigenvalue weighted by molar-refractivity contribution is -0.116. The monoisotopic (exact) mass is 468 g/mol. The van der Waals surface area contributed by atoms with E-state index in [-0.39, 0.29) is 23.4 Å². The minimum Gasteiger partial charge on any atom is -0.324 e. The van der Waals surface area contributed by atoms with E-state index in [1.54, 1.807) is 10.4 Å². The molecule has 2 aromatic carbocycles. The molecule has 0 radical (unpaired) electrons. The predicted octanol–water partition coefficient (Wildman–Crippen LogP) is 3.16. The first kappa shape index (κ1) is 23.1. The van der Waals surface area contributed by atoms with Gasteiger partial charge in [0.2, 0.25) is 15.9 Å². The van der Waals surface area contributed by atoms with Gasteiger partial charge in [0.25, 0.3) is 0 Å². The molecule has 0 unspecified atom stereocenters. The van der Waals surface area contributed by atoms with Crippen molar-refractivity contribution in [2.24, 2.45) is 0 Å². The van der Waals surface area contributed by atoms with Gasteiger partial charge < -0.3 is 5.32 Å². The number of nitrogens with one attached hydrogen (secondary N) is 1. The Hall–Kier alpha value is -3.04. The van der Waals surface area contributed by atoms with Gasteiger partial charge in [-0.05, 0) is 56.0 Å². The summed E-state index contributed by atoms with van der Waals surface area (Å²) < 4.78 is 29.2. The van der Waals surface area contributed by atoms with Gasteiger partial charge in [-0.2, -0.15) is 4.31 Å². The Balaban J connectivity index is 1.64. The largest absolute Gasteiger partial charge is 0.348 e. The van der Waals surface area contributed by atoms with E-state index in [9.17, 15) is 18.0 Å². The van der Waals surface area contributed by atoms with Crippen LogP contribution in [0.15, 0.2) is 58.4 Å². The quantitative estimate of drug-likeness (QED) is 0.599. The van der Waals surface area contributed by atoms with Crippen LogP contribution in [0.5, 0.6) is 0 Å². The number of aromatic nitrogens is 2. The minimum atomic E-state index is -3.66. The standard InChI is InChI=1S/C24H28N4O4S/c1-3-18-9-4-5-10-21(18)26-23(29)16-27-22-12-11-20(14-19(22)15-25-24(27)30)33(31,32)28-13-7-6-8-17(28)2/h4-5,9-12,14-15,17H,3,6-8,13,16H2,1-2H3,(H,26,29)/t17-/m1/s1. The highest BCUT2D eigenvalue weighted by atomic mass is 32.2. The number of para-hydroxylation sites is 1. The van der Waals surface area contributed by atoms with Crippen LogP contribution in [0, 0.1) is 0 Å². The number of anilines is 1. The normalized spacial score (nSPS) is 17.2. The number of sulfonamides is 1. The summed E-state index contributed by atoms with van der Waals surface area (Å²) in [6, 6.07) is 12.0. The minimum absolute atomic E-state index is 0.0544. The van der Waals surface area contributed by atoms with Crippen LogP contribution in [0.2, 0.25) is 0 Å². The van der Waals surface area contributed by atoms with E-state index in [0.717, 1.165) is 31.2 Å². The molecule has 1 aliphatic rings.